The molecule has 108 valence electrons. The molecule has 0 radical (unpaired) electrons. The summed E-state index contributed by atoms with van der Waals surface area (Å²) in [6, 6.07) is 2.50. The third-order valence-corrected chi connectivity index (χ3v) is 3.82. The maximum atomic E-state index is 4.43. The summed E-state index contributed by atoms with van der Waals surface area (Å²) in [4.78, 5) is 6.90. The second-order valence-corrected chi connectivity index (χ2v) is 5.89. The van der Waals surface area contributed by atoms with Crippen molar-refractivity contribution in [3.8, 4) is 0 Å². The van der Waals surface area contributed by atoms with Crippen molar-refractivity contribution in [2.24, 2.45) is 5.92 Å². The maximum Gasteiger partial charge on any atom is 0.141 e. The molecule has 6 heteroatoms. The summed E-state index contributed by atoms with van der Waals surface area (Å²) in [7, 11) is 0. The minimum atomic E-state index is 0.432. The van der Waals surface area contributed by atoms with Crippen LogP contribution in [0.25, 0.3) is 0 Å². The van der Waals surface area contributed by atoms with E-state index < -0.39 is 0 Å². The van der Waals surface area contributed by atoms with Crippen molar-refractivity contribution in [2.45, 2.75) is 45.8 Å². The number of rotatable bonds is 5. The molecule has 3 rings (SSSR count). The van der Waals surface area contributed by atoms with Gasteiger partial charge in [0.05, 0.1) is 18.3 Å². The van der Waals surface area contributed by atoms with Crippen molar-refractivity contribution in [1.29, 1.82) is 0 Å². The van der Waals surface area contributed by atoms with E-state index in [1.165, 1.54) is 18.5 Å². The van der Waals surface area contributed by atoms with Crippen molar-refractivity contribution >= 4 is 0 Å². The summed E-state index contributed by atoms with van der Waals surface area (Å²) in [6.45, 7) is 7.30. The van der Waals surface area contributed by atoms with Gasteiger partial charge < -0.3 is 0 Å². The normalized spacial score (nSPS) is 20.1. The zero-order valence-electron chi connectivity index (χ0n) is 12.2. The number of hydrogen-bond acceptors (Lipinski definition) is 4. The lowest BCUT2D eigenvalue weighted by molar-refractivity contribution is 0.231. The van der Waals surface area contributed by atoms with Gasteiger partial charge in [-0.1, -0.05) is 13.8 Å². The molecule has 3 heterocycles. The van der Waals surface area contributed by atoms with Gasteiger partial charge in [-0.2, -0.15) is 10.2 Å². The molecule has 1 atom stereocenters. The van der Waals surface area contributed by atoms with Gasteiger partial charge in [0, 0.05) is 12.7 Å². The zero-order valence-corrected chi connectivity index (χ0v) is 12.2. The van der Waals surface area contributed by atoms with Gasteiger partial charge in [0.1, 0.15) is 12.2 Å². The smallest absolute Gasteiger partial charge is 0.141 e. The second kappa shape index (κ2) is 5.75. The van der Waals surface area contributed by atoms with Gasteiger partial charge in [-0.15, -0.1) is 0 Å². The van der Waals surface area contributed by atoms with Gasteiger partial charge in [-0.3, -0.25) is 10.00 Å². The van der Waals surface area contributed by atoms with Crippen molar-refractivity contribution in [2.75, 3.05) is 6.54 Å². The largest absolute Gasteiger partial charge is 0.287 e. The predicted octanol–water partition coefficient (Wildman–Crippen LogP) is 1.99. The first-order chi connectivity index (χ1) is 9.74. The molecule has 1 aliphatic heterocycles. The fraction of sp³-hybridized carbons (Fsp3) is 0.643. The van der Waals surface area contributed by atoms with E-state index >= 15 is 0 Å². The number of aromatic nitrogens is 5. The van der Waals surface area contributed by atoms with Crippen LogP contribution in [-0.2, 0) is 13.1 Å². The van der Waals surface area contributed by atoms with Crippen LogP contribution in [0, 0.1) is 5.92 Å². The molecule has 1 aliphatic rings. The van der Waals surface area contributed by atoms with Crippen molar-refractivity contribution < 1.29 is 0 Å². The van der Waals surface area contributed by atoms with E-state index in [1.54, 1.807) is 6.33 Å². The Morgan fingerprint density at radius 3 is 3.10 bits per heavy atom. The van der Waals surface area contributed by atoms with Crippen LogP contribution in [0.3, 0.4) is 0 Å². The van der Waals surface area contributed by atoms with Crippen LogP contribution >= 0.6 is 0 Å². The summed E-state index contributed by atoms with van der Waals surface area (Å²) in [5.41, 5.74) is 1.21. The summed E-state index contributed by atoms with van der Waals surface area (Å²) in [6.07, 6.45) is 5.90. The molecule has 0 amide bonds. The van der Waals surface area contributed by atoms with Crippen LogP contribution in [0.2, 0.25) is 0 Å². The first-order valence-electron chi connectivity index (χ1n) is 7.34. The molecule has 0 saturated carbocycles. The minimum Gasteiger partial charge on any atom is -0.287 e. The van der Waals surface area contributed by atoms with E-state index in [-0.39, 0.29) is 0 Å². The zero-order chi connectivity index (χ0) is 13.9. The predicted molar refractivity (Wildman–Crippen MR) is 75.8 cm³/mol. The van der Waals surface area contributed by atoms with Crippen molar-refractivity contribution in [3.63, 3.8) is 0 Å². The van der Waals surface area contributed by atoms with Crippen LogP contribution in [-0.4, -0.2) is 36.4 Å². The van der Waals surface area contributed by atoms with Crippen LogP contribution in [0.5, 0.6) is 0 Å². The van der Waals surface area contributed by atoms with Gasteiger partial charge >= 0.3 is 0 Å². The third-order valence-electron chi connectivity index (χ3n) is 3.82. The average Bonchev–Trinajstić information content (AvgIpc) is 3.11. The Kier molecular flexibility index (Phi) is 3.82. The minimum absolute atomic E-state index is 0.432. The molecule has 2 aromatic heterocycles. The van der Waals surface area contributed by atoms with Gasteiger partial charge in [-0.25, -0.2) is 9.67 Å². The second-order valence-electron chi connectivity index (χ2n) is 5.89. The van der Waals surface area contributed by atoms with Gasteiger partial charge in [0.25, 0.3) is 0 Å². The Bertz CT molecular complexity index is 530. The van der Waals surface area contributed by atoms with Gasteiger partial charge in [0.2, 0.25) is 0 Å². The fourth-order valence-corrected chi connectivity index (χ4v) is 2.91. The molecule has 0 aromatic carbocycles. The van der Waals surface area contributed by atoms with E-state index in [0.717, 1.165) is 25.5 Å². The molecule has 1 N–H and O–H groups in total. The molecule has 0 unspecified atom stereocenters. The topological polar surface area (TPSA) is 62.6 Å². The highest BCUT2D eigenvalue weighted by atomic mass is 15.4. The van der Waals surface area contributed by atoms with E-state index in [0.29, 0.717) is 12.0 Å². The highest BCUT2D eigenvalue weighted by molar-refractivity contribution is 5.07. The molecule has 20 heavy (non-hydrogen) atoms. The molecule has 0 spiro atoms. The quantitative estimate of drug-likeness (QED) is 0.905. The van der Waals surface area contributed by atoms with Crippen LogP contribution in [0.15, 0.2) is 18.6 Å². The van der Waals surface area contributed by atoms with Crippen molar-refractivity contribution in [1.82, 2.24) is 29.9 Å². The lowest BCUT2D eigenvalue weighted by atomic mass is 10.1. The Morgan fingerprint density at radius 2 is 2.35 bits per heavy atom. The van der Waals surface area contributed by atoms with E-state index in [2.05, 4.69) is 45.1 Å². The first-order valence-corrected chi connectivity index (χ1v) is 7.34. The number of nitrogens with zero attached hydrogens (tertiary/aromatic N) is 5. The fourth-order valence-electron chi connectivity index (χ4n) is 2.91. The number of likely N-dealkylation sites (tertiary alicyclic amines) is 1. The molecule has 1 fully saturated rings. The number of nitrogens with one attached hydrogen (secondary N) is 1. The Morgan fingerprint density at radius 1 is 1.45 bits per heavy atom. The average molecular weight is 274 g/mol. The molecule has 6 nitrogen and oxygen atoms in total. The highest BCUT2D eigenvalue weighted by Gasteiger charge is 2.28. The van der Waals surface area contributed by atoms with Crippen LogP contribution < -0.4 is 0 Å². The molecular weight excluding hydrogens is 252 g/mol. The van der Waals surface area contributed by atoms with Gasteiger partial charge in [0.15, 0.2) is 0 Å². The lowest BCUT2D eigenvalue weighted by Gasteiger charge is -2.23. The SMILES string of the molecule is CC(C)Cn1ncnc1CN1CCC[C@H]1c1ccn[nH]1. The van der Waals surface area contributed by atoms with E-state index in [1.807, 2.05) is 10.9 Å². The summed E-state index contributed by atoms with van der Waals surface area (Å²) in [5.74, 6) is 1.64. The lowest BCUT2D eigenvalue weighted by Crippen LogP contribution is -2.25. The number of aromatic amines is 1. The summed E-state index contributed by atoms with van der Waals surface area (Å²) >= 11 is 0. The third kappa shape index (κ3) is 2.75. The monoisotopic (exact) mass is 274 g/mol. The van der Waals surface area contributed by atoms with Gasteiger partial charge in [-0.05, 0) is 31.4 Å². The maximum absolute atomic E-state index is 4.43. The molecule has 0 aliphatic carbocycles. The molecule has 1 saturated heterocycles. The summed E-state index contributed by atoms with van der Waals surface area (Å²) in [5, 5.41) is 11.5. The van der Waals surface area contributed by atoms with Crippen LogP contribution in [0.1, 0.15) is 44.2 Å². The first kappa shape index (κ1) is 13.3. The van der Waals surface area contributed by atoms with E-state index in [4.69, 9.17) is 0 Å². The molecule has 0 bridgehead atoms. The Balaban J connectivity index is 1.72. The molecular formula is C14H22N6. The number of hydrogen-bond donors (Lipinski definition) is 1. The van der Waals surface area contributed by atoms with Crippen molar-refractivity contribution in [3.05, 3.63) is 30.1 Å². The van der Waals surface area contributed by atoms with Crippen LogP contribution in [0.4, 0.5) is 0 Å². The standard InChI is InChI=1S/C14H22N6/c1-11(2)8-20-14(15-10-17-20)9-19-7-3-4-13(19)12-5-6-16-18-12/h5-6,10-11,13H,3-4,7-9H2,1-2H3,(H,16,18)/t13-/m0/s1. The highest BCUT2D eigenvalue weighted by Crippen LogP contribution is 2.31. The molecule has 2 aromatic rings. The summed E-state index contributed by atoms with van der Waals surface area (Å²) < 4.78 is 2.03. The number of H-pyrrole nitrogens is 1. The Labute approximate surface area is 119 Å². The van der Waals surface area contributed by atoms with E-state index in [9.17, 15) is 0 Å². The Hall–Kier alpha value is -1.69.